The smallest absolute Gasteiger partial charge is 0.246 e. The standard InChI is InChI=1S/C20H19F3N2O3S/c21-15-6-7-16(18(23)17(15)22)29(27,28)25-12-10-24(11-13-25)19(26)20(8-9-20)14-4-2-1-3-5-14/h1-7H,8-13H2. The van der Waals surface area contributed by atoms with E-state index in [4.69, 9.17) is 0 Å². The van der Waals surface area contributed by atoms with Gasteiger partial charge in [-0.05, 0) is 30.5 Å². The summed E-state index contributed by atoms with van der Waals surface area (Å²) < 4.78 is 66.9. The summed E-state index contributed by atoms with van der Waals surface area (Å²) in [5, 5.41) is 0. The number of piperazine rings is 1. The maximum absolute atomic E-state index is 14.0. The topological polar surface area (TPSA) is 57.7 Å². The number of rotatable bonds is 4. The molecule has 0 aromatic heterocycles. The van der Waals surface area contributed by atoms with Crippen LogP contribution in [0.4, 0.5) is 13.2 Å². The second-order valence-electron chi connectivity index (χ2n) is 7.32. The molecule has 29 heavy (non-hydrogen) atoms. The maximum atomic E-state index is 14.0. The number of halogens is 3. The van der Waals surface area contributed by atoms with Crippen molar-refractivity contribution in [3.8, 4) is 0 Å². The summed E-state index contributed by atoms with van der Waals surface area (Å²) >= 11 is 0. The first-order chi connectivity index (χ1) is 13.8. The third-order valence-corrected chi connectivity index (χ3v) is 7.55. The van der Waals surface area contributed by atoms with Gasteiger partial charge in [0.2, 0.25) is 15.9 Å². The van der Waals surface area contributed by atoms with Crippen molar-refractivity contribution in [2.24, 2.45) is 0 Å². The number of hydrogen-bond donors (Lipinski definition) is 0. The number of nitrogens with zero attached hydrogens (tertiary/aromatic N) is 2. The molecule has 154 valence electrons. The normalized spacial score (nSPS) is 19.2. The lowest BCUT2D eigenvalue weighted by Gasteiger charge is -2.36. The van der Waals surface area contributed by atoms with Gasteiger partial charge in [-0.1, -0.05) is 30.3 Å². The molecule has 1 saturated carbocycles. The van der Waals surface area contributed by atoms with Crippen molar-refractivity contribution in [2.45, 2.75) is 23.2 Å². The van der Waals surface area contributed by atoms with Crippen LogP contribution >= 0.6 is 0 Å². The largest absolute Gasteiger partial charge is 0.339 e. The molecule has 0 unspecified atom stereocenters. The molecule has 0 radical (unpaired) electrons. The Kier molecular flexibility index (Phi) is 4.90. The van der Waals surface area contributed by atoms with E-state index in [-0.39, 0.29) is 32.1 Å². The molecule has 0 spiro atoms. The monoisotopic (exact) mass is 424 g/mol. The van der Waals surface area contributed by atoms with Crippen LogP contribution < -0.4 is 0 Å². The lowest BCUT2D eigenvalue weighted by molar-refractivity contribution is -0.135. The van der Waals surface area contributed by atoms with E-state index >= 15 is 0 Å². The number of sulfonamides is 1. The maximum Gasteiger partial charge on any atom is 0.246 e. The van der Waals surface area contributed by atoms with E-state index in [9.17, 15) is 26.4 Å². The minimum atomic E-state index is -4.34. The van der Waals surface area contributed by atoms with Gasteiger partial charge in [0.25, 0.3) is 0 Å². The molecule has 0 atom stereocenters. The summed E-state index contributed by atoms with van der Waals surface area (Å²) in [6.07, 6.45) is 1.49. The fraction of sp³-hybridized carbons (Fsp3) is 0.350. The van der Waals surface area contributed by atoms with Crippen LogP contribution in [0.3, 0.4) is 0 Å². The van der Waals surface area contributed by atoms with Gasteiger partial charge in [-0.25, -0.2) is 21.6 Å². The zero-order chi connectivity index (χ0) is 20.8. The number of benzene rings is 2. The molecular weight excluding hydrogens is 405 g/mol. The fourth-order valence-electron chi connectivity index (χ4n) is 3.79. The van der Waals surface area contributed by atoms with Crippen molar-refractivity contribution in [2.75, 3.05) is 26.2 Å². The van der Waals surface area contributed by atoms with Crippen LogP contribution in [-0.4, -0.2) is 49.7 Å². The first-order valence-electron chi connectivity index (χ1n) is 9.26. The zero-order valence-electron chi connectivity index (χ0n) is 15.4. The summed E-state index contributed by atoms with van der Waals surface area (Å²) in [4.78, 5) is 13.8. The molecule has 5 nitrogen and oxygen atoms in total. The predicted octanol–water partition coefficient (Wildman–Crippen LogP) is 2.67. The van der Waals surface area contributed by atoms with Crippen molar-refractivity contribution >= 4 is 15.9 Å². The molecular formula is C20H19F3N2O3S. The molecule has 1 saturated heterocycles. The van der Waals surface area contributed by atoms with Crippen molar-refractivity contribution < 1.29 is 26.4 Å². The quantitative estimate of drug-likeness (QED) is 0.710. The van der Waals surface area contributed by atoms with Crippen molar-refractivity contribution in [3.63, 3.8) is 0 Å². The first-order valence-corrected chi connectivity index (χ1v) is 10.7. The van der Waals surface area contributed by atoms with Gasteiger partial charge in [0.1, 0.15) is 4.90 Å². The second kappa shape index (κ2) is 7.14. The Morgan fingerprint density at radius 3 is 2.07 bits per heavy atom. The van der Waals surface area contributed by atoms with E-state index in [1.165, 1.54) is 0 Å². The molecule has 1 heterocycles. The Balaban J connectivity index is 1.49. The highest BCUT2D eigenvalue weighted by Gasteiger charge is 2.53. The molecule has 1 aliphatic heterocycles. The van der Waals surface area contributed by atoms with Gasteiger partial charge in [0, 0.05) is 26.2 Å². The Bertz CT molecular complexity index is 1050. The highest BCUT2D eigenvalue weighted by Crippen LogP contribution is 2.49. The molecule has 0 bridgehead atoms. The highest BCUT2D eigenvalue weighted by atomic mass is 32.2. The van der Waals surface area contributed by atoms with Crippen LogP contribution in [0.2, 0.25) is 0 Å². The van der Waals surface area contributed by atoms with Crippen LogP contribution in [0, 0.1) is 17.5 Å². The van der Waals surface area contributed by atoms with Crippen LogP contribution in [-0.2, 0) is 20.2 Å². The van der Waals surface area contributed by atoms with E-state index in [1.54, 1.807) is 4.90 Å². The van der Waals surface area contributed by atoms with E-state index in [0.29, 0.717) is 6.07 Å². The first kappa shape index (κ1) is 19.9. The van der Waals surface area contributed by atoms with E-state index in [0.717, 1.165) is 28.8 Å². The number of hydrogen-bond acceptors (Lipinski definition) is 3. The average Bonchev–Trinajstić information content (AvgIpc) is 3.54. The number of carbonyl (C=O) groups excluding carboxylic acids is 1. The van der Waals surface area contributed by atoms with Crippen molar-refractivity contribution in [1.82, 2.24) is 9.21 Å². The van der Waals surface area contributed by atoms with Crippen molar-refractivity contribution in [3.05, 3.63) is 65.5 Å². The molecule has 9 heteroatoms. The molecule has 0 N–H and O–H groups in total. The van der Waals surface area contributed by atoms with Crippen LogP contribution in [0.15, 0.2) is 47.4 Å². The Hall–Kier alpha value is -2.39. The third kappa shape index (κ3) is 3.32. The van der Waals surface area contributed by atoms with E-state index in [1.807, 2.05) is 30.3 Å². The minimum absolute atomic E-state index is 0.0419. The summed E-state index contributed by atoms with van der Waals surface area (Å²) in [6.45, 7) is 0.213. The average molecular weight is 424 g/mol. The van der Waals surface area contributed by atoms with Gasteiger partial charge in [-0.3, -0.25) is 4.79 Å². The second-order valence-corrected chi connectivity index (χ2v) is 9.22. The fourth-order valence-corrected chi connectivity index (χ4v) is 5.27. The Labute approximate surface area is 166 Å². The summed E-state index contributed by atoms with van der Waals surface area (Å²) in [7, 11) is -4.34. The molecule has 2 fully saturated rings. The van der Waals surface area contributed by atoms with Gasteiger partial charge in [0.05, 0.1) is 5.41 Å². The molecule has 2 aromatic rings. The van der Waals surface area contributed by atoms with Gasteiger partial charge in [-0.2, -0.15) is 4.31 Å². The molecule has 4 rings (SSSR count). The predicted molar refractivity (Wildman–Crippen MR) is 99.0 cm³/mol. The Morgan fingerprint density at radius 2 is 1.48 bits per heavy atom. The summed E-state index contributed by atoms with van der Waals surface area (Å²) in [6, 6.07) is 10.8. The van der Waals surface area contributed by atoms with Crippen LogP contribution in [0.5, 0.6) is 0 Å². The third-order valence-electron chi connectivity index (χ3n) is 5.63. The number of carbonyl (C=O) groups is 1. The SMILES string of the molecule is O=C(N1CCN(S(=O)(=O)c2ccc(F)c(F)c2F)CC1)C1(c2ccccc2)CC1. The van der Waals surface area contributed by atoms with Crippen LogP contribution in [0.1, 0.15) is 18.4 Å². The van der Waals surface area contributed by atoms with Gasteiger partial charge < -0.3 is 4.90 Å². The molecule has 2 aromatic carbocycles. The van der Waals surface area contributed by atoms with Gasteiger partial charge in [-0.15, -0.1) is 0 Å². The van der Waals surface area contributed by atoms with E-state index in [2.05, 4.69) is 0 Å². The molecule has 1 amide bonds. The number of amides is 1. The lowest BCUT2D eigenvalue weighted by atomic mass is 9.94. The molecule has 1 aliphatic carbocycles. The Morgan fingerprint density at radius 1 is 0.862 bits per heavy atom. The minimum Gasteiger partial charge on any atom is -0.339 e. The van der Waals surface area contributed by atoms with Gasteiger partial charge in [0.15, 0.2) is 17.5 Å². The summed E-state index contributed by atoms with van der Waals surface area (Å²) in [5.41, 5.74) is 0.401. The van der Waals surface area contributed by atoms with E-state index < -0.39 is 37.8 Å². The highest BCUT2D eigenvalue weighted by molar-refractivity contribution is 7.89. The summed E-state index contributed by atoms with van der Waals surface area (Å²) in [5.74, 6) is -5.05. The molecule has 2 aliphatic rings. The zero-order valence-corrected chi connectivity index (χ0v) is 16.3. The lowest BCUT2D eigenvalue weighted by Crippen LogP contribution is -2.53. The van der Waals surface area contributed by atoms with Gasteiger partial charge >= 0.3 is 0 Å². The van der Waals surface area contributed by atoms with Crippen LogP contribution in [0.25, 0.3) is 0 Å². The van der Waals surface area contributed by atoms with Crippen molar-refractivity contribution in [1.29, 1.82) is 0 Å².